The quantitative estimate of drug-likeness (QED) is 0.326. The predicted molar refractivity (Wildman–Crippen MR) is 166 cm³/mol. The van der Waals surface area contributed by atoms with E-state index < -0.39 is 0 Å². The van der Waals surface area contributed by atoms with Crippen molar-refractivity contribution in [3.05, 3.63) is 35.9 Å². The van der Waals surface area contributed by atoms with Crippen molar-refractivity contribution in [3.8, 4) is 0 Å². The number of esters is 1. The lowest BCUT2D eigenvalue weighted by atomic mass is 9.44. The molecule has 4 saturated carbocycles. The molecule has 11 atom stereocenters. The van der Waals surface area contributed by atoms with Gasteiger partial charge in [0.1, 0.15) is 18.5 Å². The molecule has 1 amide bonds. The molecule has 6 nitrogen and oxygen atoms in total. The van der Waals surface area contributed by atoms with Gasteiger partial charge in [0.05, 0.1) is 0 Å². The number of nitrogens with zero attached hydrogens (tertiary/aromatic N) is 1. The average molecular weight is 592 g/mol. The van der Waals surface area contributed by atoms with E-state index in [1.54, 1.807) is 0 Å². The number of fused-ring (bicyclic) bond motifs is 5. The van der Waals surface area contributed by atoms with Gasteiger partial charge < -0.3 is 14.4 Å². The largest absolute Gasteiger partial charge is 0.463 e. The van der Waals surface area contributed by atoms with Crippen molar-refractivity contribution in [1.82, 2.24) is 4.90 Å². The lowest BCUT2D eigenvalue weighted by molar-refractivity contribution is -0.161. The number of carbonyl (C=O) groups is 3. The number of carbonyl (C=O) groups excluding carboxylic acids is 3. The van der Waals surface area contributed by atoms with Crippen LogP contribution in [0.4, 0.5) is 4.79 Å². The van der Waals surface area contributed by atoms with Crippen molar-refractivity contribution in [2.45, 2.75) is 118 Å². The van der Waals surface area contributed by atoms with E-state index in [0.717, 1.165) is 44.1 Å². The Morgan fingerprint density at radius 2 is 1.72 bits per heavy atom. The van der Waals surface area contributed by atoms with Crippen LogP contribution in [0.3, 0.4) is 0 Å². The van der Waals surface area contributed by atoms with Gasteiger partial charge in [-0.2, -0.15) is 0 Å². The van der Waals surface area contributed by atoms with Crippen LogP contribution in [-0.4, -0.2) is 41.4 Å². The molecule has 0 N–H and O–H groups in total. The van der Waals surface area contributed by atoms with Gasteiger partial charge in [-0.25, -0.2) is 4.79 Å². The van der Waals surface area contributed by atoms with Crippen LogP contribution < -0.4 is 0 Å². The first-order valence-electron chi connectivity index (χ1n) is 17.2. The Balaban J connectivity index is 1.18. The molecule has 1 aliphatic heterocycles. The number of likely N-dealkylation sites (tertiary alicyclic amines) is 1. The van der Waals surface area contributed by atoms with Crippen molar-refractivity contribution < 1.29 is 23.9 Å². The molecule has 5 aliphatic rings. The molecule has 1 aromatic carbocycles. The number of benzene rings is 1. The zero-order chi connectivity index (χ0) is 30.5. The summed E-state index contributed by atoms with van der Waals surface area (Å²) in [5, 5.41) is 0. The highest BCUT2D eigenvalue weighted by Crippen LogP contribution is 2.68. The van der Waals surface area contributed by atoms with Crippen LogP contribution in [0.1, 0.15) is 104 Å². The van der Waals surface area contributed by atoms with Crippen LogP contribution in [0.15, 0.2) is 30.3 Å². The summed E-state index contributed by atoms with van der Waals surface area (Å²) < 4.78 is 11.5. The molecule has 0 radical (unpaired) electrons. The summed E-state index contributed by atoms with van der Waals surface area (Å²) in [7, 11) is 0. The highest BCUT2D eigenvalue weighted by atomic mass is 16.6. The molecular formula is C37H53NO5. The molecule has 43 heavy (non-hydrogen) atoms. The monoisotopic (exact) mass is 591 g/mol. The van der Waals surface area contributed by atoms with Crippen LogP contribution in [-0.2, 0) is 25.7 Å². The third kappa shape index (κ3) is 5.54. The Morgan fingerprint density at radius 1 is 0.977 bits per heavy atom. The first-order chi connectivity index (χ1) is 20.5. The van der Waals surface area contributed by atoms with Gasteiger partial charge in [0.15, 0.2) is 0 Å². The topological polar surface area (TPSA) is 72.9 Å². The SMILES string of the molecule is CC(=O)OC1CC[C@@]2(C)C(CC[C@H]3[C@@H]4CC(=O)[C@H](C(C)C5CCC(C)CN5C(=O)OCc5ccccc5)[C@@]4(C)CC[C@@H]32)C1. The van der Waals surface area contributed by atoms with Gasteiger partial charge in [-0.15, -0.1) is 0 Å². The molecule has 0 bridgehead atoms. The maximum absolute atomic E-state index is 14.1. The van der Waals surface area contributed by atoms with Crippen LogP contribution >= 0.6 is 0 Å². The second-order valence-corrected chi connectivity index (χ2v) is 15.7. The number of hydrogen-bond donors (Lipinski definition) is 0. The van der Waals surface area contributed by atoms with Crippen molar-refractivity contribution in [2.75, 3.05) is 6.54 Å². The summed E-state index contributed by atoms with van der Waals surface area (Å²) in [4.78, 5) is 41.2. The number of ketones is 1. The van der Waals surface area contributed by atoms with E-state index >= 15 is 0 Å². The fourth-order valence-corrected chi connectivity index (χ4v) is 11.2. The van der Waals surface area contributed by atoms with Crippen molar-refractivity contribution >= 4 is 17.8 Å². The summed E-state index contributed by atoms with van der Waals surface area (Å²) in [5.74, 6) is 3.07. The Kier molecular flexibility index (Phi) is 8.45. The summed E-state index contributed by atoms with van der Waals surface area (Å²) in [6.45, 7) is 11.9. The van der Waals surface area contributed by atoms with Gasteiger partial charge in [0, 0.05) is 31.8 Å². The lowest BCUT2D eigenvalue weighted by Crippen LogP contribution is -2.56. The third-order valence-corrected chi connectivity index (χ3v) is 13.3. The molecular weight excluding hydrogens is 538 g/mol. The zero-order valence-electron chi connectivity index (χ0n) is 27.1. The molecule has 1 saturated heterocycles. The Bertz CT molecular complexity index is 1200. The van der Waals surface area contributed by atoms with Crippen molar-refractivity contribution in [2.24, 2.45) is 52.3 Å². The molecule has 0 aromatic heterocycles. The molecule has 5 unspecified atom stereocenters. The summed E-state index contributed by atoms with van der Waals surface area (Å²) >= 11 is 0. The van der Waals surface area contributed by atoms with Gasteiger partial charge in [0.2, 0.25) is 0 Å². The minimum absolute atomic E-state index is 0.00786. The highest BCUT2D eigenvalue weighted by molar-refractivity contribution is 5.85. The Hall–Kier alpha value is -2.37. The zero-order valence-corrected chi connectivity index (χ0v) is 27.1. The summed E-state index contributed by atoms with van der Waals surface area (Å²) in [5.41, 5.74) is 1.25. The van der Waals surface area contributed by atoms with E-state index in [0.29, 0.717) is 48.3 Å². The van der Waals surface area contributed by atoms with Gasteiger partial charge in [-0.3, -0.25) is 9.59 Å². The Labute approximate surface area is 258 Å². The smallest absolute Gasteiger partial charge is 0.410 e. The maximum atomic E-state index is 14.1. The molecule has 0 spiro atoms. The van der Waals surface area contributed by atoms with Crippen LogP contribution in [0, 0.1) is 52.3 Å². The molecule has 1 heterocycles. The predicted octanol–water partition coefficient (Wildman–Crippen LogP) is 7.83. The number of Topliss-reactive ketones (excluding diaryl/α,β-unsaturated/α-hetero) is 1. The lowest BCUT2D eigenvalue weighted by Gasteiger charge is -2.61. The number of piperidine rings is 1. The second kappa shape index (κ2) is 11.9. The van der Waals surface area contributed by atoms with E-state index in [1.807, 2.05) is 35.2 Å². The molecule has 1 aromatic rings. The first-order valence-corrected chi connectivity index (χ1v) is 17.2. The second-order valence-electron chi connectivity index (χ2n) is 15.7. The van der Waals surface area contributed by atoms with E-state index in [-0.39, 0.29) is 53.5 Å². The van der Waals surface area contributed by atoms with Gasteiger partial charge >= 0.3 is 12.1 Å². The maximum Gasteiger partial charge on any atom is 0.410 e. The van der Waals surface area contributed by atoms with Crippen LogP contribution in [0.25, 0.3) is 0 Å². The minimum Gasteiger partial charge on any atom is -0.463 e. The molecule has 236 valence electrons. The number of rotatable bonds is 5. The fourth-order valence-electron chi connectivity index (χ4n) is 11.2. The van der Waals surface area contributed by atoms with E-state index in [9.17, 15) is 14.4 Å². The molecule has 5 fully saturated rings. The van der Waals surface area contributed by atoms with E-state index in [2.05, 4.69) is 27.7 Å². The van der Waals surface area contributed by atoms with Gasteiger partial charge in [-0.1, -0.05) is 58.0 Å². The number of ether oxygens (including phenoxy) is 2. The third-order valence-electron chi connectivity index (χ3n) is 13.3. The van der Waals surface area contributed by atoms with Gasteiger partial charge in [0.25, 0.3) is 0 Å². The standard InChI is InChI=1S/C37H53NO5/c1-23-11-14-32(38(21-23)35(41)42-22-26-9-7-6-8-10-26)24(2)34-33(40)20-31-29-13-12-27-19-28(43-25(3)39)15-17-36(27,4)30(29)16-18-37(31,34)5/h6-10,23-24,27-32,34H,11-22H2,1-5H3/t23?,24?,27?,28?,29-,30+,31+,32?,34+,36+,37+/m1/s1. The van der Waals surface area contributed by atoms with Crippen LogP contribution in [0.5, 0.6) is 0 Å². The normalized spacial score (nSPS) is 41.4. The summed E-state index contributed by atoms with van der Waals surface area (Å²) in [6.07, 6.45) is 10.3. The highest BCUT2D eigenvalue weighted by Gasteiger charge is 2.64. The average Bonchev–Trinajstić information content (AvgIpc) is 3.25. The minimum atomic E-state index is -0.237. The first kappa shape index (κ1) is 30.6. The number of hydrogen-bond acceptors (Lipinski definition) is 5. The fraction of sp³-hybridized carbons (Fsp3) is 0.757. The van der Waals surface area contributed by atoms with Crippen LogP contribution in [0.2, 0.25) is 0 Å². The van der Waals surface area contributed by atoms with Gasteiger partial charge in [-0.05, 0) is 110 Å². The molecule has 6 rings (SSSR count). The number of amides is 1. The summed E-state index contributed by atoms with van der Waals surface area (Å²) in [6, 6.07) is 9.91. The Morgan fingerprint density at radius 3 is 2.47 bits per heavy atom. The van der Waals surface area contributed by atoms with Crippen molar-refractivity contribution in [1.29, 1.82) is 0 Å². The molecule has 4 aliphatic carbocycles. The van der Waals surface area contributed by atoms with Crippen molar-refractivity contribution in [3.63, 3.8) is 0 Å². The molecule has 6 heteroatoms. The van der Waals surface area contributed by atoms with E-state index in [1.165, 1.54) is 26.2 Å². The van der Waals surface area contributed by atoms with E-state index in [4.69, 9.17) is 9.47 Å².